The van der Waals surface area contributed by atoms with E-state index < -0.39 is 0 Å². The Hall–Kier alpha value is -3.74. The van der Waals surface area contributed by atoms with Crippen LogP contribution in [0.5, 0.6) is 0 Å². The Kier molecular flexibility index (Phi) is 5.09. The molecule has 6 nitrogen and oxygen atoms in total. The molecule has 1 fully saturated rings. The summed E-state index contributed by atoms with van der Waals surface area (Å²) in [4.78, 5) is 22.2. The minimum absolute atomic E-state index is 0.0594. The van der Waals surface area contributed by atoms with Crippen LogP contribution in [-0.4, -0.2) is 47.1 Å². The van der Waals surface area contributed by atoms with E-state index in [-0.39, 0.29) is 11.7 Å². The van der Waals surface area contributed by atoms with E-state index in [1.54, 1.807) is 12.1 Å². The molecule has 0 atom stereocenters. The van der Waals surface area contributed by atoms with Gasteiger partial charge in [-0.05, 0) is 44.2 Å². The number of amides is 1. The number of hydrogen-bond donors (Lipinski definition) is 0. The third-order valence-corrected chi connectivity index (χ3v) is 5.95. The molecule has 2 aromatic carbocycles. The van der Waals surface area contributed by atoms with Crippen molar-refractivity contribution in [2.45, 2.75) is 13.8 Å². The molecule has 0 saturated carbocycles. The number of piperazine rings is 1. The summed E-state index contributed by atoms with van der Waals surface area (Å²) >= 11 is 0. The molecule has 0 aliphatic carbocycles. The first kappa shape index (κ1) is 20.2. The monoisotopic (exact) mass is 430 g/mol. The molecule has 0 bridgehead atoms. The van der Waals surface area contributed by atoms with Gasteiger partial charge in [-0.1, -0.05) is 35.0 Å². The molecule has 162 valence electrons. The molecule has 1 aliphatic heterocycles. The summed E-state index contributed by atoms with van der Waals surface area (Å²) < 4.78 is 18.7. The van der Waals surface area contributed by atoms with E-state index in [1.807, 2.05) is 49.1 Å². The first-order valence-corrected chi connectivity index (χ1v) is 10.6. The third kappa shape index (κ3) is 3.70. The van der Waals surface area contributed by atoms with Gasteiger partial charge in [0.2, 0.25) is 0 Å². The van der Waals surface area contributed by atoms with E-state index in [4.69, 9.17) is 4.52 Å². The lowest BCUT2D eigenvalue weighted by atomic mass is 10.0. The van der Waals surface area contributed by atoms with Crippen molar-refractivity contribution in [1.82, 2.24) is 15.0 Å². The smallest absolute Gasteiger partial charge is 0.259 e. The van der Waals surface area contributed by atoms with Crippen LogP contribution in [-0.2, 0) is 0 Å². The Morgan fingerprint density at radius 1 is 0.969 bits per heavy atom. The van der Waals surface area contributed by atoms with Crippen molar-refractivity contribution in [2.24, 2.45) is 0 Å². The molecule has 7 heteroatoms. The molecular formula is C25H23FN4O2. The van der Waals surface area contributed by atoms with Crippen LogP contribution in [0.4, 0.5) is 10.1 Å². The molecule has 0 radical (unpaired) electrons. The SMILES string of the molecule is Cc1ccc(-c2cc(C(=O)N3CCN(c4ccc(F)cc4)CC3)c3c(C)noc3n2)cc1. The molecule has 32 heavy (non-hydrogen) atoms. The Bertz CT molecular complexity index is 1270. The molecule has 3 heterocycles. The number of carbonyl (C=O) groups is 1. The van der Waals surface area contributed by atoms with E-state index in [2.05, 4.69) is 15.0 Å². The largest absolute Gasteiger partial charge is 0.368 e. The number of pyridine rings is 1. The molecule has 1 saturated heterocycles. The van der Waals surface area contributed by atoms with Gasteiger partial charge in [0.1, 0.15) is 5.82 Å². The van der Waals surface area contributed by atoms with Crippen LogP contribution in [0.1, 0.15) is 21.6 Å². The highest BCUT2D eigenvalue weighted by Crippen LogP contribution is 2.29. The van der Waals surface area contributed by atoms with Gasteiger partial charge in [-0.25, -0.2) is 9.37 Å². The molecular weight excluding hydrogens is 407 g/mol. The summed E-state index contributed by atoms with van der Waals surface area (Å²) in [7, 11) is 0. The number of anilines is 1. The second-order valence-electron chi connectivity index (χ2n) is 8.12. The summed E-state index contributed by atoms with van der Waals surface area (Å²) in [6.07, 6.45) is 0. The van der Waals surface area contributed by atoms with Gasteiger partial charge >= 0.3 is 0 Å². The van der Waals surface area contributed by atoms with Crippen molar-refractivity contribution < 1.29 is 13.7 Å². The van der Waals surface area contributed by atoms with E-state index in [9.17, 15) is 9.18 Å². The average molecular weight is 430 g/mol. The lowest BCUT2D eigenvalue weighted by Crippen LogP contribution is -2.48. The highest BCUT2D eigenvalue weighted by Gasteiger charge is 2.26. The number of aromatic nitrogens is 2. The second-order valence-corrected chi connectivity index (χ2v) is 8.12. The fourth-order valence-corrected chi connectivity index (χ4v) is 4.13. The van der Waals surface area contributed by atoms with Gasteiger partial charge in [-0.3, -0.25) is 4.79 Å². The average Bonchev–Trinajstić information content (AvgIpc) is 3.20. The zero-order valence-electron chi connectivity index (χ0n) is 18.0. The van der Waals surface area contributed by atoms with Crippen molar-refractivity contribution in [3.8, 4) is 11.3 Å². The number of benzene rings is 2. The van der Waals surface area contributed by atoms with Crippen LogP contribution in [0.15, 0.2) is 59.1 Å². The van der Waals surface area contributed by atoms with E-state index in [1.165, 1.54) is 12.1 Å². The second kappa shape index (κ2) is 8.07. The Morgan fingerprint density at radius 3 is 2.34 bits per heavy atom. The van der Waals surface area contributed by atoms with Crippen molar-refractivity contribution in [3.05, 3.63) is 77.2 Å². The van der Waals surface area contributed by atoms with E-state index in [0.29, 0.717) is 54.2 Å². The van der Waals surface area contributed by atoms with Crippen molar-refractivity contribution in [3.63, 3.8) is 0 Å². The minimum Gasteiger partial charge on any atom is -0.368 e. The molecule has 1 aliphatic rings. The topological polar surface area (TPSA) is 62.5 Å². The quantitative estimate of drug-likeness (QED) is 0.475. The summed E-state index contributed by atoms with van der Waals surface area (Å²) in [5, 5.41) is 4.70. The normalized spacial score (nSPS) is 14.2. The maximum Gasteiger partial charge on any atom is 0.259 e. The maximum absolute atomic E-state index is 13.5. The summed E-state index contributed by atoms with van der Waals surface area (Å²) in [6.45, 7) is 6.36. The molecule has 5 rings (SSSR count). The van der Waals surface area contributed by atoms with Crippen LogP contribution in [0.3, 0.4) is 0 Å². The molecule has 0 N–H and O–H groups in total. The van der Waals surface area contributed by atoms with Gasteiger partial charge in [-0.15, -0.1) is 0 Å². The van der Waals surface area contributed by atoms with Gasteiger partial charge < -0.3 is 14.3 Å². The Labute approximate surface area is 185 Å². The highest BCUT2D eigenvalue weighted by molar-refractivity contribution is 6.07. The fourth-order valence-electron chi connectivity index (χ4n) is 4.13. The van der Waals surface area contributed by atoms with Crippen LogP contribution < -0.4 is 4.90 Å². The summed E-state index contributed by atoms with van der Waals surface area (Å²) in [6, 6.07) is 16.3. The number of nitrogens with zero attached hydrogens (tertiary/aromatic N) is 4. The number of fused-ring (bicyclic) bond motifs is 1. The fraction of sp³-hybridized carbons (Fsp3) is 0.240. The molecule has 0 spiro atoms. The van der Waals surface area contributed by atoms with E-state index in [0.717, 1.165) is 16.8 Å². The van der Waals surface area contributed by atoms with E-state index >= 15 is 0 Å². The van der Waals surface area contributed by atoms with Gasteiger partial charge in [0, 0.05) is 37.4 Å². The predicted molar refractivity (Wildman–Crippen MR) is 121 cm³/mol. The number of rotatable bonds is 3. The number of halogens is 1. The van der Waals surface area contributed by atoms with Gasteiger partial charge in [0.05, 0.1) is 22.3 Å². The molecule has 0 unspecified atom stereocenters. The van der Waals surface area contributed by atoms with Crippen molar-refractivity contribution in [2.75, 3.05) is 31.1 Å². The van der Waals surface area contributed by atoms with Crippen LogP contribution in [0.2, 0.25) is 0 Å². The third-order valence-electron chi connectivity index (χ3n) is 5.95. The first-order valence-electron chi connectivity index (χ1n) is 10.6. The first-order chi connectivity index (χ1) is 15.5. The Balaban J connectivity index is 1.43. The number of carbonyl (C=O) groups excluding carboxylic acids is 1. The van der Waals surface area contributed by atoms with Crippen molar-refractivity contribution in [1.29, 1.82) is 0 Å². The lowest BCUT2D eigenvalue weighted by molar-refractivity contribution is 0.0748. The van der Waals surface area contributed by atoms with Gasteiger partial charge in [0.25, 0.3) is 11.6 Å². The van der Waals surface area contributed by atoms with Gasteiger partial charge in [-0.2, -0.15) is 0 Å². The zero-order chi connectivity index (χ0) is 22.2. The summed E-state index contributed by atoms with van der Waals surface area (Å²) in [5.74, 6) is -0.312. The molecule has 2 aromatic heterocycles. The molecule has 4 aromatic rings. The lowest BCUT2D eigenvalue weighted by Gasteiger charge is -2.36. The highest BCUT2D eigenvalue weighted by atomic mass is 19.1. The predicted octanol–water partition coefficient (Wildman–Crippen LogP) is 4.61. The number of aryl methyl sites for hydroxylation is 2. The van der Waals surface area contributed by atoms with Crippen LogP contribution in [0, 0.1) is 19.7 Å². The van der Waals surface area contributed by atoms with Crippen molar-refractivity contribution >= 4 is 22.7 Å². The number of hydrogen-bond acceptors (Lipinski definition) is 5. The zero-order valence-corrected chi connectivity index (χ0v) is 18.0. The van der Waals surface area contributed by atoms with Crippen LogP contribution in [0.25, 0.3) is 22.4 Å². The maximum atomic E-state index is 13.5. The molecule has 1 amide bonds. The van der Waals surface area contributed by atoms with Crippen LogP contribution >= 0.6 is 0 Å². The Morgan fingerprint density at radius 2 is 1.66 bits per heavy atom. The van der Waals surface area contributed by atoms with Gasteiger partial charge in [0.15, 0.2) is 0 Å². The summed E-state index contributed by atoms with van der Waals surface area (Å²) in [5.41, 5.74) is 5.29. The standard InChI is InChI=1S/C25H23FN4O2/c1-16-3-5-18(6-4-16)22-15-21(23-17(2)28-32-24(23)27-22)25(31)30-13-11-29(12-14-30)20-9-7-19(26)8-10-20/h3-10,15H,11-14H2,1-2H3. The minimum atomic E-state index is -0.252.